The first-order valence-electron chi connectivity index (χ1n) is 7.41. The third kappa shape index (κ3) is 4.51. The molecule has 1 N–H and O–H groups in total. The van der Waals surface area contributed by atoms with Crippen LogP contribution in [0.3, 0.4) is 0 Å². The molecule has 0 aliphatic heterocycles. The van der Waals surface area contributed by atoms with Crippen molar-refractivity contribution in [2.24, 2.45) is 0 Å². The topological polar surface area (TPSA) is 41.0 Å². The first-order chi connectivity index (χ1) is 10.1. The van der Waals surface area contributed by atoms with Crippen LogP contribution in [0.1, 0.15) is 42.7 Å². The molecular formula is C16H24N4S. The fourth-order valence-corrected chi connectivity index (χ4v) is 2.76. The highest BCUT2D eigenvalue weighted by atomic mass is 32.1. The van der Waals surface area contributed by atoms with Gasteiger partial charge in [-0.2, -0.15) is 0 Å². The van der Waals surface area contributed by atoms with Gasteiger partial charge in [0.2, 0.25) is 0 Å². The van der Waals surface area contributed by atoms with Crippen LogP contribution in [0, 0.1) is 6.92 Å². The van der Waals surface area contributed by atoms with Crippen molar-refractivity contribution in [3.8, 4) is 0 Å². The summed E-state index contributed by atoms with van der Waals surface area (Å²) in [5, 5.41) is 6.68. The van der Waals surface area contributed by atoms with Crippen molar-refractivity contribution in [2.75, 3.05) is 18.5 Å². The van der Waals surface area contributed by atoms with E-state index in [-0.39, 0.29) is 0 Å². The van der Waals surface area contributed by atoms with Crippen molar-refractivity contribution >= 4 is 17.0 Å². The number of nitrogens with zero attached hydrogens (tertiary/aromatic N) is 3. The molecule has 21 heavy (non-hydrogen) atoms. The van der Waals surface area contributed by atoms with Gasteiger partial charge >= 0.3 is 0 Å². The molecule has 2 aromatic heterocycles. The van der Waals surface area contributed by atoms with E-state index in [1.807, 2.05) is 13.1 Å². The highest BCUT2D eigenvalue weighted by Crippen LogP contribution is 2.18. The van der Waals surface area contributed by atoms with Gasteiger partial charge in [-0.1, -0.05) is 6.92 Å². The third-order valence-corrected chi connectivity index (χ3v) is 4.24. The molecule has 2 rings (SSSR count). The number of rotatable bonds is 7. The highest BCUT2D eigenvalue weighted by molar-refractivity contribution is 7.09. The molecule has 1 unspecified atom stereocenters. The quantitative estimate of drug-likeness (QED) is 0.849. The number of pyridine rings is 1. The lowest BCUT2D eigenvalue weighted by atomic mass is 10.2. The largest absolute Gasteiger partial charge is 0.367 e. The van der Waals surface area contributed by atoms with Gasteiger partial charge in [0.25, 0.3) is 0 Å². The maximum atomic E-state index is 4.58. The Labute approximate surface area is 131 Å². The summed E-state index contributed by atoms with van der Waals surface area (Å²) in [6.45, 7) is 8.20. The minimum Gasteiger partial charge on any atom is -0.367 e. The van der Waals surface area contributed by atoms with Crippen molar-refractivity contribution in [3.63, 3.8) is 0 Å². The smallest absolute Gasteiger partial charge is 0.0898 e. The SMILES string of the molecule is CCCNC(C)c1ccc(N(C)Cc2csc(C)n2)cn1. The second kappa shape index (κ2) is 7.52. The average molecular weight is 304 g/mol. The molecule has 0 aliphatic carbocycles. The predicted molar refractivity (Wildman–Crippen MR) is 89.9 cm³/mol. The van der Waals surface area contributed by atoms with Crippen LogP contribution in [0.15, 0.2) is 23.7 Å². The summed E-state index contributed by atoms with van der Waals surface area (Å²) < 4.78 is 0. The monoisotopic (exact) mass is 304 g/mol. The molecule has 2 heterocycles. The lowest BCUT2D eigenvalue weighted by Crippen LogP contribution is -2.21. The number of thiazole rings is 1. The molecule has 0 saturated heterocycles. The maximum Gasteiger partial charge on any atom is 0.0898 e. The van der Waals surface area contributed by atoms with Gasteiger partial charge in [0.15, 0.2) is 0 Å². The van der Waals surface area contributed by atoms with Gasteiger partial charge in [0.05, 0.1) is 34.8 Å². The first-order valence-corrected chi connectivity index (χ1v) is 8.29. The van der Waals surface area contributed by atoms with Gasteiger partial charge < -0.3 is 10.2 Å². The Kier molecular flexibility index (Phi) is 5.70. The maximum absolute atomic E-state index is 4.58. The van der Waals surface area contributed by atoms with E-state index in [2.05, 4.69) is 58.6 Å². The lowest BCUT2D eigenvalue weighted by Gasteiger charge is -2.19. The van der Waals surface area contributed by atoms with E-state index in [9.17, 15) is 0 Å². The Bertz CT molecular complexity index is 550. The molecule has 4 nitrogen and oxygen atoms in total. The van der Waals surface area contributed by atoms with Gasteiger partial charge in [-0.25, -0.2) is 4.98 Å². The number of hydrogen-bond acceptors (Lipinski definition) is 5. The van der Waals surface area contributed by atoms with E-state index < -0.39 is 0 Å². The van der Waals surface area contributed by atoms with Crippen LogP contribution in [0.2, 0.25) is 0 Å². The van der Waals surface area contributed by atoms with Crippen molar-refractivity contribution in [1.29, 1.82) is 0 Å². The minimum absolute atomic E-state index is 0.297. The fourth-order valence-electron chi connectivity index (χ4n) is 2.16. The Morgan fingerprint density at radius 2 is 2.19 bits per heavy atom. The van der Waals surface area contributed by atoms with Crippen LogP contribution in [0.25, 0.3) is 0 Å². The van der Waals surface area contributed by atoms with Crippen molar-refractivity contribution < 1.29 is 0 Å². The van der Waals surface area contributed by atoms with Gasteiger partial charge in [-0.05, 0) is 38.9 Å². The molecule has 114 valence electrons. The van der Waals surface area contributed by atoms with Crippen LogP contribution in [-0.4, -0.2) is 23.6 Å². The van der Waals surface area contributed by atoms with Gasteiger partial charge in [0.1, 0.15) is 0 Å². The molecule has 0 aromatic carbocycles. The number of aryl methyl sites for hydroxylation is 1. The van der Waals surface area contributed by atoms with Crippen LogP contribution >= 0.6 is 11.3 Å². The third-order valence-electron chi connectivity index (χ3n) is 3.42. The molecule has 0 spiro atoms. The summed E-state index contributed by atoms with van der Waals surface area (Å²) in [6, 6.07) is 4.53. The Balaban J connectivity index is 1.97. The highest BCUT2D eigenvalue weighted by Gasteiger charge is 2.08. The summed E-state index contributed by atoms with van der Waals surface area (Å²) >= 11 is 1.69. The normalized spacial score (nSPS) is 12.4. The second-order valence-electron chi connectivity index (χ2n) is 5.33. The molecule has 0 aliphatic rings. The minimum atomic E-state index is 0.297. The van der Waals surface area contributed by atoms with E-state index >= 15 is 0 Å². The fraction of sp³-hybridized carbons (Fsp3) is 0.500. The second-order valence-corrected chi connectivity index (χ2v) is 6.39. The van der Waals surface area contributed by atoms with Crippen molar-refractivity contribution in [3.05, 3.63) is 40.1 Å². The van der Waals surface area contributed by atoms with Crippen LogP contribution in [-0.2, 0) is 6.54 Å². The van der Waals surface area contributed by atoms with Crippen LogP contribution in [0.4, 0.5) is 5.69 Å². The van der Waals surface area contributed by atoms with Crippen molar-refractivity contribution in [1.82, 2.24) is 15.3 Å². The number of anilines is 1. The molecule has 0 fully saturated rings. The summed E-state index contributed by atoms with van der Waals surface area (Å²) in [5.41, 5.74) is 3.32. The molecule has 0 radical (unpaired) electrons. The summed E-state index contributed by atoms with van der Waals surface area (Å²) in [4.78, 5) is 11.3. The van der Waals surface area contributed by atoms with Crippen LogP contribution in [0.5, 0.6) is 0 Å². The molecule has 0 bridgehead atoms. The Morgan fingerprint density at radius 3 is 2.76 bits per heavy atom. The van der Waals surface area contributed by atoms with E-state index in [1.54, 1.807) is 11.3 Å². The molecule has 1 atom stereocenters. The Hall–Kier alpha value is -1.46. The molecule has 2 aromatic rings. The number of hydrogen-bond donors (Lipinski definition) is 1. The molecule has 5 heteroatoms. The first kappa shape index (κ1) is 15.9. The lowest BCUT2D eigenvalue weighted by molar-refractivity contribution is 0.558. The van der Waals surface area contributed by atoms with E-state index in [4.69, 9.17) is 0 Å². The van der Waals surface area contributed by atoms with Gasteiger partial charge in [0, 0.05) is 18.5 Å². The van der Waals surface area contributed by atoms with Crippen molar-refractivity contribution in [2.45, 2.75) is 39.8 Å². The van der Waals surface area contributed by atoms with E-state index in [0.29, 0.717) is 6.04 Å². The summed E-state index contributed by atoms with van der Waals surface area (Å²) in [6.07, 6.45) is 3.08. The van der Waals surface area contributed by atoms with Crippen LogP contribution < -0.4 is 10.2 Å². The Morgan fingerprint density at radius 1 is 1.38 bits per heavy atom. The molecule has 0 amide bonds. The molecular weight excluding hydrogens is 280 g/mol. The predicted octanol–water partition coefficient (Wildman–Crippen LogP) is 3.54. The van der Waals surface area contributed by atoms with Gasteiger partial charge in [-0.3, -0.25) is 4.98 Å². The average Bonchev–Trinajstić information content (AvgIpc) is 2.90. The van der Waals surface area contributed by atoms with E-state index in [1.165, 1.54) is 0 Å². The summed E-state index contributed by atoms with van der Waals surface area (Å²) in [5.74, 6) is 0. The number of aromatic nitrogens is 2. The zero-order valence-electron chi connectivity index (χ0n) is 13.3. The summed E-state index contributed by atoms with van der Waals surface area (Å²) in [7, 11) is 2.07. The zero-order chi connectivity index (χ0) is 15.2. The number of nitrogens with one attached hydrogen (secondary N) is 1. The standard InChI is InChI=1S/C16H24N4S/c1-5-8-17-12(2)16-7-6-15(9-18-16)20(4)10-14-11-21-13(3)19-14/h6-7,9,11-12,17H,5,8,10H2,1-4H3. The van der Waals surface area contributed by atoms with E-state index in [0.717, 1.165) is 41.6 Å². The molecule has 0 saturated carbocycles. The van der Waals surface area contributed by atoms with Gasteiger partial charge in [-0.15, -0.1) is 11.3 Å². The zero-order valence-corrected chi connectivity index (χ0v) is 14.1.